The molecule has 0 saturated carbocycles. The number of hydrogen-bond acceptors (Lipinski definition) is 5. The number of ether oxygens (including phenoxy) is 1. The van der Waals surface area contributed by atoms with Gasteiger partial charge in [0.15, 0.2) is 0 Å². The second kappa shape index (κ2) is 10.0. The molecule has 0 saturated heterocycles. The molecule has 6 nitrogen and oxygen atoms in total. The molecule has 4 aromatic rings. The Balaban J connectivity index is 1.73. The van der Waals surface area contributed by atoms with Crippen molar-refractivity contribution in [2.24, 2.45) is 0 Å². The number of hydrogen-bond donors (Lipinski definition) is 1. The van der Waals surface area contributed by atoms with Gasteiger partial charge in [-0.25, -0.2) is 9.78 Å². The lowest BCUT2D eigenvalue weighted by Gasteiger charge is -2.13. The van der Waals surface area contributed by atoms with Gasteiger partial charge < -0.3 is 14.6 Å². The molecule has 4 rings (SSSR count). The van der Waals surface area contributed by atoms with Gasteiger partial charge in [-0.05, 0) is 41.3 Å². The van der Waals surface area contributed by atoms with E-state index in [4.69, 9.17) is 9.72 Å². The van der Waals surface area contributed by atoms with E-state index in [2.05, 4.69) is 18.3 Å². The van der Waals surface area contributed by atoms with Crippen LogP contribution in [0.5, 0.6) is 0 Å². The number of aromatic nitrogens is 2. The van der Waals surface area contributed by atoms with Crippen molar-refractivity contribution in [2.75, 3.05) is 19.0 Å². The molecule has 0 amide bonds. The van der Waals surface area contributed by atoms with Gasteiger partial charge >= 0.3 is 5.97 Å². The Labute approximate surface area is 193 Å². The molecule has 0 aliphatic heterocycles. The van der Waals surface area contributed by atoms with Crippen molar-refractivity contribution in [3.63, 3.8) is 0 Å². The maximum atomic E-state index is 12.5. The molecule has 0 radical (unpaired) electrons. The zero-order valence-electron chi connectivity index (χ0n) is 18.8. The van der Waals surface area contributed by atoms with Gasteiger partial charge in [0.25, 0.3) is 0 Å². The number of nitrogens with one attached hydrogen (secondary N) is 1. The van der Waals surface area contributed by atoms with Crippen LogP contribution >= 0.6 is 0 Å². The first kappa shape index (κ1) is 22.1. The van der Waals surface area contributed by atoms with Crippen LogP contribution in [0.1, 0.15) is 41.3 Å². The van der Waals surface area contributed by atoms with E-state index in [1.807, 2.05) is 65.2 Å². The van der Waals surface area contributed by atoms with Crippen molar-refractivity contribution in [3.8, 4) is 17.2 Å². The van der Waals surface area contributed by atoms with Crippen molar-refractivity contribution >= 4 is 23.0 Å². The summed E-state index contributed by atoms with van der Waals surface area (Å²) < 4.78 is 7.05. The number of nitriles is 1. The summed E-state index contributed by atoms with van der Waals surface area (Å²) in [4.78, 5) is 17.2. The summed E-state index contributed by atoms with van der Waals surface area (Å²) in [7, 11) is 1.39. The van der Waals surface area contributed by atoms with Crippen molar-refractivity contribution in [1.29, 1.82) is 5.26 Å². The normalized spacial score (nSPS) is 10.7. The lowest BCUT2D eigenvalue weighted by atomic mass is 9.99. The molecule has 0 unspecified atom stereocenters. The topological polar surface area (TPSA) is 79.9 Å². The molecule has 0 fully saturated rings. The second-order valence-corrected chi connectivity index (χ2v) is 7.82. The molecule has 0 aliphatic carbocycles. The highest BCUT2D eigenvalue weighted by Crippen LogP contribution is 2.27. The molecule has 33 heavy (non-hydrogen) atoms. The fourth-order valence-corrected chi connectivity index (χ4v) is 3.93. The van der Waals surface area contributed by atoms with Crippen LogP contribution in [0.2, 0.25) is 0 Å². The molecule has 0 aliphatic rings. The summed E-state index contributed by atoms with van der Waals surface area (Å²) in [6, 6.07) is 23.5. The highest BCUT2D eigenvalue weighted by atomic mass is 16.5. The number of para-hydroxylation sites is 1. The molecule has 166 valence electrons. The van der Waals surface area contributed by atoms with E-state index in [1.54, 1.807) is 6.07 Å². The summed E-state index contributed by atoms with van der Waals surface area (Å²) in [5.74, 6) is 0.346. The number of imidazole rings is 1. The van der Waals surface area contributed by atoms with Gasteiger partial charge in [0.05, 0.1) is 41.9 Å². The van der Waals surface area contributed by atoms with E-state index in [-0.39, 0.29) is 5.97 Å². The Bertz CT molecular complexity index is 1320. The van der Waals surface area contributed by atoms with Crippen molar-refractivity contribution in [1.82, 2.24) is 9.55 Å². The third-order valence-electron chi connectivity index (χ3n) is 5.64. The van der Waals surface area contributed by atoms with E-state index >= 15 is 0 Å². The molecule has 1 heterocycles. The minimum atomic E-state index is -0.384. The van der Waals surface area contributed by atoms with Crippen LogP contribution in [0, 0.1) is 11.3 Å². The average molecular weight is 439 g/mol. The van der Waals surface area contributed by atoms with Gasteiger partial charge in [-0.15, -0.1) is 0 Å². The van der Waals surface area contributed by atoms with E-state index in [0.29, 0.717) is 17.7 Å². The zero-order chi connectivity index (χ0) is 23.2. The third kappa shape index (κ3) is 4.58. The van der Waals surface area contributed by atoms with E-state index < -0.39 is 0 Å². The lowest BCUT2D eigenvalue weighted by molar-refractivity contribution is 0.0602. The Kier molecular flexibility index (Phi) is 6.70. The van der Waals surface area contributed by atoms with Crippen molar-refractivity contribution in [3.05, 3.63) is 83.4 Å². The van der Waals surface area contributed by atoms with Gasteiger partial charge in [0.2, 0.25) is 5.95 Å². The first-order chi connectivity index (χ1) is 16.2. The molecule has 3 aromatic carbocycles. The maximum Gasteiger partial charge on any atom is 0.340 e. The van der Waals surface area contributed by atoms with Crippen molar-refractivity contribution in [2.45, 2.75) is 26.3 Å². The monoisotopic (exact) mass is 438 g/mol. The molecular weight excluding hydrogens is 412 g/mol. The summed E-state index contributed by atoms with van der Waals surface area (Å²) in [5.41, 5.74) is 5.60. The van der Waals surface area contributed by atoms with Gasteiger partial charge in [-0.3, -0.25) is 0 Å². The molecule has 0 bridgehead atoms. The minimum absolute atomic E-state index is 0.384. The number of fused-ring (bicyclic) bond motifs is 1. The predicted molar refractivity (Wildman–Crippen MR) is 130 cm³/mol. The first-order valence-corrected chi connectivity index (χ1v) is 11.1. The summed E-state index contributed by atoms with van der Waals surface area (Å²) in [5, 5.41) is 12.8. The number of nitrogens with zero attached hydrogens (tertiary/aromatic N) is 3. The van der Waals surface area contributed by atoms with Crippen LogP contribution in [0.4, 0.5) is 5.95 Å². The first-order valence-electron chi connectivity index (χ1n) is 11.1. The number of benzene rings is 3. The lowest BCUT2D eigenvalue weighted by Crippen LogP contribution is -2.11. The highest BCUT2D eigenvalue weighted by Gasteiger charge is 2.19. The number of methoxy groups -OCH3 is 1. The van der Waals surface area contributed by atoms with Gasteiger partial charge in [-0.2, -0.15) is 5.26 Å². The molecular formula is C27H26N4O2. The van der Waals surface area contributed by atoms with E-state index in [1.165, 1.54) is 7.11 Å². The SMILES string of the molecule is CCCCNc1nc2cccc(C(=O)OC)c2n1Cc1ccc(-c2ccccc2C#N)cc1. The van der Waals surface area contributed by atoms with Crippen molar-refractivity contribution < 1.29 is 9.53 Å². The Morgan fingerprint density at radius 2 is 1.88 bits per heavy atom. The van der Waals surface area contributed by atoms with Crippen LogP contribution in [-0.4, -0.2) is 29.2 Å². The largest absolute Gasteiger partial charge is 0.465 e. The molecule has 1 aromatic heterocycles. The summed E-state index contributed by atoms with van der Waals surface area (Å²) >= 11 is 0. The molecule has 1 N–H and O–H groups in total. The Morgan fingerprint density at radius 3 is 2.61 bits per heavy atom. The molecule has 6 heteroatoms. The number of anilines is 1. The van der Waals surface area contributed by atoms with Crippen LogP contribution in [0.3, 0.4) is 0 Å². The number of rotatable bonds is 8. The third-order valence-corrected chi connectivity index (χ3v) is 5.64. The smallest absolute Gasteiger partial charge is 0.340 e. The predicted octanol–water partition coefficient (Wildman–Crippen LogP) is 5.62. The van der Waals surface area contributed by atoms with Crippen LogP contribution in [-0.2, 0) is 11.3 Å². The second-order valence-electron chi connectivity index (χ2n) is 7.82. The van der Waals surface area contributed by atoms with Crippen LogP contribution in [0.15, 0.2) is 66.7 Å². The Morgan fingerprint density at radius 1 is 1.09 bits per heavy atom. The Hall–Kier alpha value is -4.11. The maximum absolute atomic E-state index is 12.5. The van der Waals surface area contributed by atoms with Gasteiger partial charge in [0.1, 0.15) is 0 Å². The average Bonchev–Trinajstić information content (AvgIpc) is 3.21. The summed E-state index contributed by atoms with van der Waals surface area (Å²) in [6.45, 7) is 3.49. The quantitative estimate of drug-likeness (QED) is 0.285. The standard InChI is InChI=1S/C27H26N4O2/c1-3-4-16-29-27-30-24-11-7-10-23(26(32)33-2)25(24)31(27)18-19-12-14-20(15-13-19)22-9-6-5-8-21(22)17-28/h5-15H,3-4,16,18H2,1-2H3,(H,29,30). The van der Waals surface area contributed by atoms with Crippen LogP contribution in [0.25, 0.3) is 22.2 Å². The zero-order valence-corrected chi connectivity index (χ0v) is 18.8. The molecule has 0 spiro atoms. The number of unbranched alkanes of at least 4 members (excludes halogenated alkanes) is 1. The summed E-state index contributed by atoms with van der Waals surface area (Å²) in [6.07, 6.45) is 2.10. The van der Waals surface area contributed by atoms with Gasteiger partial charge in [0, 0.05) is 6.54 Å². The van der Waals surface area contributed by atoms with Gasteiger partial charge in [-0.1, -0.05) is 61.9 Å². The van der Waals surface area contributed by atoms with E-state index in [0.717, 1.165) is 53.1 Å². The van der Waals surface area contributed by atoms with Crippen LogP contribution < -0.4 is 5.32 Å². The fraction of sp³-hybridized carbons (Fsp3) is 0.222. The van der Waals surface area contributed by atoms with E-state index in [9.17, 15) is 10.1 Å². The number of carbonyl (C=O) groups excluding carboxylic acids is 1. The number of carbonyl (C=O) groups is 1. The molecule has 0 atom stereocenters. The highest BCUT2D eigenvalue weighted by molar-refractivity contribution is 6.02. The number of esters is 1. The minimum Gasteiger partial charge on any atom is -0.465 e. The fourth-order valence-electron chi connectivity index (χ4n) is 3.93.